The van der Waals surface area contributed by atoms with E-state index in [1.165, 1.54) is 4.88 Å². The predicted octanol–water partition coefficient (Wildman–Crippen LogP) is 3.11. The fraction of sp³-hybridized carbons (Fsp3) is 0.765. The normalized spacial score (nSPS) is 21.8. The molecule has 0 aromatic carbocycles. The summed E-state index contributed by atoms with van der Waals surface area (Å²) in [5.74, 6) is 1.54. The zero-order chi connectivity index (χ0) is 16.8. The average Bonchev–Trinajstić information content (AvgIpc) is 3.12. The molecule has 1 aliphatic rings. The molecule has 1 aromatic heterocycles. The number of thiazole rings is 1. The molecule has 1 fully saturated rings. The van der Waals surface area contributed by atoms with Crippen molar-refractivity contribution in [3.8, 4) is 0 Å². The number of likely N-dealkylation sites (tertiary alicyclic amines) is 1. The van der Waals surface area contributed by atoms with Crippen molar-refractivity contribution in [1.82, 2.24) is 20.5 Å². The highest BCUT2D eigenvalue weighted by atomic mass is 127. The number of aliphatic imine (C=N–C) groups is 1. The van der Waals surface area contributed by atoms with Gasteiger partial charge >= 0.3 is 0 Å². The Kier molecular flexibility index (Phi) is 9.51. The molecule has 0 spiro atoms. The van der Waals surface area contributed by atoms with Crippen molar-refractivity contribution >= 4 is 41.3 Å². The molecule has 2 atom stereocenters. The Morgan fingerprint density at radius 2 is 2.17 bits per heavy atom. The lowest BCUT2D eigenvalue weighted by Gasteiger charge is -2.21. The van der Waals surface area contributed by atoms with E-state index in [0.717, 1.165) is 37.0 Å². The van der Waals surface area contributed by atoms with Crippen LogP contribution in [0.3, 0.4) is 0 Å². The number of halogens is 1. The van der Waals surface area contributed by atoms with Crippen LogP contribution < -0.4 is 10.6 Å². The predicted molar refractivity (Wildman–Crippen MR) is 115 cm³/mol. The second-order valence-electron chi connectivity index (χ2n) is 6.54. The molecule has 0 saturated carbocycles. The molecule has 2 rings (SSSR count). The van der Waals surface area contributed by atoms with Crippen LogP contribution in [0.5, 0.6) is 0 Å². The summed E-state index contributed by atoms with van der Waals surface area (Å²) >= 11 is 1.76. The summed E-state index contributed by atoms with van der Waals surface area (Å²) in [4.78, 5) is 13.0. The summed E-state index contributed by atoms with van der Waals surface area (Å²) in [6.45, 7) is 14.9. The van der Waals surface area contributed by atoms with Crippen molar-refractivity contribution in [2.45, 2.75) is 59.7 Å². The minimum Gasteiger partial charge on any atom is -0.357 e. The molecule has 1 aliphatic heterocycles. The lowest BCUT2D eigenvalue weighted by Crippen LogP contribution is -2.46. The standard InChI is InChI=1S/C17H31N5S.HI/c1-6-14-8-19-16(23-14)9-20-17(18-7-2)21-15-11-22(12(3)4)10-13(15)5;/h8,12-13,15H,6-7,9-11H2,1-5H3,(H2,18,20,21);1H. The molecule has 0 aliphatic carbocycles. The fourth-order valence-corrected chi connectivity index (χ4v) is 3.63. The van der Waals surface area contributed by atoms with Gasteiger partial charge in [-0.05, 0) is 33.1 Å². The number of aromatic nitrogens is 1. The Bertz CT molecular complexity index is 517. The summed E-state index contributed by atoms with van der Waals surface area (Å²) < 4.78 is 0. The molecule has 1 aromatic rings. The molecule has 138 valence electrons. The van der Waals surface area contributed by atoms with Crippen LogP contribution in [0.1, 0.15) is 44.5 Å². The monoisotopic (exact) mass is 465 g/mol. The second-order valence-corrected chi connectivity index (χ2v) is 7.74. The smallest absolute Gasteiger partial charge is 0.191 e. The number of nitrogens with one attached hydrogen (secondary N) is 2. The fourth-order valence-electron chi connectivity index (χ4n) is 2.84. The van der Waals surface area contributed by atoms with Gasteiger partial charge in [-0.3, -0.25) is 4.90 Å². The van der Waals surface area contributed by atoms with E-state index < -0.39 is 0 Å². The minimum absolute atomic E-state index is 0. The molecule has 24 heavy (non-hydrogen) atoms. The summed E-state index contributed by atoms with van der Waals surface area (Å²) in [6.07, 6.45) is 3.01. The quantitative estimate of drug-likeness (QED) is 0.385. The van der Waals surface area contributed by atoms with Crippen LogP contribution in [-0.2, 0) is 13.0 Å². The van der Waals surface area contributed by atoms with E-state index in [-0.39, 0.29) is 24.0 Å². The van der Waals surface area contributed by atoms with Crippen molar-refractivity contribution in [1.29, 1.82) is 0 Å². The molecule has 0 radical (unpaired) electrons. The maximum absolute atomic E-state index is 4.72. The SMILES string of the molecule is CCNC(=NCc1ncc(CC)s1)NC1CN(C(C)C)CC1C.I. The average molecular weight is 465 g/mol. The van der Waals surface area contributed by atoms with Crippen molar-refractivity contribution in [3.05, 3.63) is 16.1 Å². The second kappa shape index (κ2) is 10.6. The summed E-state index contributed by atoms with van der Waals surface area (Å²) in [5, 5.41) is 8.06. The highest BCUT2D eigenvalue weighted by molar-refractivity contribution is 14.0. The van der Waals surface area contributed by atoms with Gasteiger partial charge in [0.25, 0.3) is 0 Å². The van der Waals surface area contributed by atoms with Crippen molar-refractivity contribution in [2.75, 3.05) is 19.6 Å². The van der Waals surface area contributed by atoms with Crippen LogP contribution in [0.15, 0.2) is 11.2 Å². The third-order valence-electron chi connectivity index (χ3n) is 4.36. The van der Waals surface area contributed by atoms with Crippen LogP contribution in [0.2, 0.25) is 0 Å². The van der Waals surface area contributed by atoms with Gasteiger partial charge in [0, 0.05) is 42.8 Å². The number of hydrogen-bond acceptors (Lipinski definition) is 4. The van der Waals surface area contributed by atoms with Crippen LogP contribution >= 0.6 is 35.3 Å². The Morgan fingerprint density at radius 1 is 1.42 bits per heavy atom. The molecule has 2 unspecified atom stereocenters. The molecule has 0 bridgehead atoms. The van der Waals surface area contributed by atoms with E-state index in [2.05, 4.69) is 55.1 Å². The largest absolute Gasteiger partial charge is 0.357 e. The van der Waals surface area contributed by atoms with Crippen LogP contribution in [0.4, 0.5) is 0 Å². The number of rotatable bonds is 6. The van der Waals surface area contributed by atoms with Crippen LogP contribution in [-0.4, -0.2) is 47.6 Å². The van der Waals surface area contributed by atoms with E-state index in [4.69, 9.17) is 4.99 Å². The van der Waals surface area contributed by atoms with Gasteiger partial charge in [0.1, 0.15) is 5.01 Å². The maximum Gasteiger partial charge on any atom is 0.191 e. The Labute approximate surface area is 167 Å². The lowest BCUT2D eigenvalue weighted by atomic mass is 10.1. The van der Waals surface area contributed by atoms with Gasteiger partial charge in [-0.2, -0.15) is 0 Å². The number of hydrogen-bond donors (Lipinski definition) is 2. The first kappa shape index (κ1) is 21.6. The highest BCUT2D eigenvalue weighted by Gasteiger charge is 2.31. The topological polar surface area (TPSA) is 52.6 Å². The lowest BCUT2D eigenvalue weighted by molar-refractivity contribution is 0.265. The maximum atomic E-state index is 4.72. The van der Waals surface area contributed by atoms with Gasteiger partial charge in [-0.25, -0.2) is 9.98 Å². The first-order valence-electron chi connectivity index (χ1n) is 8.75. The van der Waals surface area contributed by atoms with Crippen molar-refractivity contribution < 1.29 is 0 Å². The van der Waals surface area contributed by atoms with E-state index in [9.17, 15) is 0 Å². The van der Waals surface area contributed by atoms with Gasteiger partial charge < -0.3 is 10.6 Å². The van der Waals surface area contributed by atoms with E-state index in [1.807, 2.05) is 6.20 Å². The van der Waals surface area contributed by atoms with Crippen molar-refractivity contribution in [2.24, 2.45) is 10.9 Å². The zero-order valence-corrected chi connectivity index (χ0v) is 18.6. The molecular weight excluding hydrogens is 433 g/mol. The number of guanidine groups is 1. The van der Waals surface area contributed by atoms with Gasteiger partial charge in [0.05, 0.1) is 6.54 Å². The van der Waals surface area contributed by atoms with E-state index in [0.29, 0.717) is 24.5 Å². The first-order chi connectivity index (χ1) is 11.0. The minimum atomic E-state index is 0. The molecular formula is C17H32IN5S. The summed E-state index contributed by atoms with van der Waals surface area (Å²) in [6, 6.07) is 1.06. The third-order valence-corrected chi connectivity index (χ3v) is 5.49. The van der Waals surface area contributed by atoms with Crippen LogP contribution in [0.25, 0.3) is 0 Å². The van der Waals surface area contributed by atoms with Gasteiger partial charge in [0.15, 0.2) is 5.96 Å². The molecule has 0 amide bonds. The van der Waals surface area contributed by atoms with Crippen molar-refractivity contribution in [3.63, 3.8) is 0 Å². The molecule has 1 saturated heterocycles. The van der Waals surface area contributed by atoms with Gasteiger partial charge in [-0.15, -0.1) is 35.3 Å². The Balaban J connectivity index is 0.00000288. The number of nitrogens with zero attached hydrogens (tertiary/aromatic N) is 3. The molecule has 7 heteroatoms. The molecule has 5 nitrogen and oxygen atoms in total. The Hall–Kier alpha value is -0.410. The first-order valence-corrected chi connectivity index (χ1v) is 9.57. The molecule has 2 N–H and O–H groups in total. The summed E-state index contributed by atoms with van der Waals surface area (Å²) in [7, 11) is 0. The van der Waals surface area contributed by atoms with Gasteiger partial charge in [-0.1, -0.05) is 13.8 Å². The van der Waals surface area contributed by atoms with Gasteiger partial charge in [0.2, 0.25) is 0 Å². The third kappa shape index (κ3) is 6.15. The van der Waals surface area contributed by atoms with E-state index >= 15 is 0 Å². The summed E-state index contributed by atoms with van der Waals surface area (Å²) in [5.41, 5.74) is 0. The highest BCUT2D eigenvalue weighted by Crippen LogP contribution is 2.19. The van der Waals surface area contributed by atoms with E-state index in [1.54, 1.807) is 11.3 Å². The zero-order valence-electron chi connectivity index (χ0n) is 15.5. The van der Waals surface area contributed by atoms with Crippen LogP contribution in [0, 0.1) is 5.92 Å². The number of aryl methyl sites for hydroxylation is 1. The Morgan fingerprint density at radius 3 is 2.71 bits per heavy atom. The molecule has 2 heterocycles.